The van der Waals surface area contributed by atoms with E-state index in [-0.39, 0.29) is 5.60 Å². The van der Waals surface area contributed by atoms with Crippen LogP contribution in [0.4, 0.5) is 0 Å². The Morgan fingerprint density at radius 1 is 1.13 bits per heavy atom. The molecule has 2 bridgehead atoms. The van der Waals surface area contributed by atoms with E-state index in [0.717, 1.165) is 25.9 Å². The van der Waals surface area contributed by atoms with E-state index in [0.29, 0.717) is 6.61 Å². The highest BCUT2D eigenvalue weighted by atomic mass is 16.9. The van der Waals surface area contributed by atoms with Gasteiger partial charge in [0.05, 0.1) is 18.8 Å². The van der Waals surface area contributed by atoms with Crippen LogP contribution in [0.1, 0.15) is 52.4 Å². The van der Waals surface area contributed by atoms with Crippen LogP contribution in [-0.4, -0.2) is 24.8 Å². The topological polar surface area (TPSA) is 27.7 Å². The van der Waals surface area contributed by atoms with Gasteiger partial charge in [-0.15, -0.1) is 0 Å². The van der Waals surface area contributed by atoms with Crippen LogP contribution in [-0.2, 0) is 14.2 Å². The Morgan fingerprint density at radius 2 is 2.00 bits per heavy atom. The monoisotopic (exact) mass is 214 g/mol. The van der Waals surface area contributed by atoms with Crippen molar-refractivity contribution in [3.8, 4) is 0 Å². The molecule has 15 heavy (non-hydrogen) atoms. The van der Waals surface area contributed by atoms with E-state index in [2.05, 4.69) is 13.8 Å². The van der Waals surface area contributed by atoms with E-state index in [4.69, 9.17) is 14.2 Å². The molecule has 2 aliphatic rings. The Morgan fingerprint density at radius 3 is 2.80 bits per heavy atom. The molecule has 2 unspecified atom stereocenters. The van der Waals surface area contributed by atoms with Gasteiger partial charge in [-0.05, 0) is 13.3 Å². The lowest BCUT2D eigenvalue weighted by Crippen LogP contribution is -2.43. The zero-order valence-electron chi connectivity index (χ0n) is 9.88. The second kappa shape index (κ2) is 4.40. The first-order valence-electron chi connectivity index (χ1n) is 6.16. The van der Waals surface area contributed by atoms with Gasteiger partial charge >= 0.3 is 0 Å². The van der Waals surface area contributed by atoms with Crippen LogP contribution in [0.5, 0.6) is 0 Å². The summed E-state index contributed by atoms with van der Waals surface area (Å²) in [6.07, 6.45) is 6.74. The number of hydrogen-bond acceptors (Lipinski definition) is 3. The Kier molecular flexibility index (Phi) is 3.33. The minimum absolute atomic E-state index is 0.0942. The van der Waals surface area contributed by atoms with Crippen LogP contribution >= 0.6 is 0 Å². The van der Waals surface area contributed by atoms with Crippen molar-refractivity contribution in [1.82, 2.24) is 0 Å². The SMILES string of the molecule is CCCCCCC12OCCC(C)(CO1)O2. The zero-order chi connectivity index (χ0) is 10.8. The lowest BCUT2D eigenvalue weighted by Gasteiger charge is -2.35. The molecule has 2 saturated heterocycles. The smallest absolute Gasteiger partial charge is 0.283 e. The molecule has 0 radical (unpaired) electrons. The predicted molar refractivity (Wildman–Crippen MR) is 57.5 cm³/mol. The van der Waals surface area contributed by atoms with E-state index < -0.39 is 5.97 Å². The van der Waals surface area contributed by atoms with Gasteiger partial charge < -0.3 is 14.2 Å². The molecule has 0 aromatic rings. The second-order valence-corrected chi connectivity index (χ2v) is 4.93. The van der Waals surface area contributed by atoms with Crippen LogP contribution in [0.3, 0.4) is 0 Å². The highest BCUT2D eigenvalue weighted by Gasteiger charge is 2.52. The van der Waals surface area contributed by atoms with Crippen molar-refractivity contribution >= 4 is 0 Å². The summed E-state index contributed by atoms with van der Waals surface area (Å²) < 4.78 is 17.3. The molecule has 2 fully saturated rings. The van der Waals surface area contributed by atoms with Crippen LogP contribution in [0.2, 0.25) is 0 Å². The van der Waals surface area contributed by atoms with E-state index in [1.165, 1.54) is 19.3 Å². The number of rotatable bonds is 5. The third kappa shape index (κ3) is 2.52. The van der Waals surface area contributed by atoms with Crippen molar-refractivity contribution in [2.75, 3.05) is 13.2 Å². The van der Waals surface area contributed by atoms with Crippen molar-refractivity contribution < 1.29 is 14.2 Å². The van der Waals surface area contributed by atoms with Gasteiger partial charge in [0.15, 0.2) is 0 Å². The van der Waals surface area contributed by atoms with Gasteiger partial charge in [-0.3, -0.25) is 0 Å². The van der Waals surface area contributed by atoms with Crippen molar-refractivity contribution in [1.29, 1.82) is 0 Å². The fraction of sp³-hybridized carbons (Fsp3) is 1.00. The first-order chi connectivity index (χ1) is 7.18. The number of fused-ring (bicyclic) bond motifs is 2. The van der Waals surface area contributed by atoms with Crippen molar-refractivity contribution in [2.24, 2.45) is 0 Å². The molecule has 2 heterocycles. The lowest BCUT2D eigenvalue weighted by atomic mass is 10.0. The summed E-state index contributed by atoms with van der Waals surface area (Å²) >= 11 is 0. The molecule has 0 spiro atoms. The van der Waals surface area contributed by atoms with E-state index >= 15 is 0 Å². The molecule has 2 aliphatic heterocycles. The van der Waals surface area contributed by atoms with Crippen molar-refractivity contribution in [3.05, 3.63) is 0 Å². The summed E-state index contributed by atoms with van der Waals surface area (Å²) in [6, 6.07) is 0. The highest BCUT2D eigenvalue weighted by molar-refractivity contribution is 4.87. The lowest BCUT2D eigenvalue weighted by molar-refractivity contribution is -0.369. The summed E-state index contributed by atoms with van der Waals surface area (Å²) in [5, 5.41) is 0. The second-order valence-electron chi connectivity index (χ2n) is 4.93. The van der Waals surface area contributed by atoms with E-state index in [9.17, 15) is 0 Å². The molecule has 0 aromatic heterocycles. The minimum Gasteiger partial charge on any atom is -0.327 e. The Labute approximate surface area is 92.1 Å². The third-order valence-corrected chi connectivity index (χ3v) is 3.29. The van der Waals surface area contributed by atoms with Gasteiger partial charge in [-0.2, -0.15) is 0 Å². The molecule has 0 aliphatic carbocycles. The maximum atomic E-state index is 5.91. The quantitative estimate of drug-likeness (QED) is 0.659. The van der Waals surface area contributed by atoms with E-state index in [1.807, 2.05) is 0 Å². The first-order valence-corrected chi connectivity index (χ1v) is 6.16. The van der Waals surface area contributed by atoms with Crippen molar-refractivity contribution in [3.63, 3.8) is 0 Å². The molecule has 2 atom stereocenters. The van der Waals surface area contributed by atoms with Gasteiger partial charge in [0.1, 0.15) is 0 Å². The summed E-state index contributed by atoms with van der Waals surface area (Å²) in [5.41, 5.74) is -0.0942. The molecule has 3 heteroatoms. The predicted octanol–water partition coefficient (Wildman–Crippen LogP) is 2.84. The molecule has 0 saturated carbocycles. The Hall–Kier alpha value is -0.120. The molecular weight excluding hydrogens is 192 g/mol. The Balaban J connectivity index is 1.80. The summed E-state index contributed by atoms with van der Waals surface area (Å²) in [6.45, 7) is 5.78. The fourth-order valence-corrected chi connectivity index (χ4v) is 2.28. The van der Waals surface area contributed by atoms with Gasteiger partial charge in [0.25, 0.3) is 5.97 Å². The molecule has 0 aromatic carbocycles. The fourth-order valence-electron chi connectivity index (χ4n) is 2.28. The van der Waals surface area contributed by atoms with Gasteiger partial charge in [-0.1, -0.05) is 26.2 Å². The zero-order valence-corrected chi connectivity index (χ0v) is 9.88. The summed E-state index contributed by atoms with van der Waals surface area (Å²) in [7, 11) is 0. The minimum atomic E-state index is -0.694. The summed E-state index contributed by atoms with van der Waals surface area (Å²) in [4.78, 5) is 0. The molecule has 0 N–H and O–H groups in total. The third-order valence-electron chi connectivity index (χ3n) is 3.29. The largest absolute Gasteiger partial charge is 0.327 e. The van der Waals surface area contributed by atoms with Crippen LogP contribution in [0.15, 0.2) is 0 Å². The van der Waals surface area contributed by atoms with Crippen LogP contribution in [0.25, 0.3) is 0 Å². The summed E-state index contributed by atoms with van der Waals surface area (Å²) in [5.74, 6) is -0.694. The number of unbranched alkanes of at least 4 members (excludes halogenated alkanes) is 3. The van der Waals surface area contributed by atoms with E-state index in [1.54, 1.807) is 0 Å². The molecule has 3 nitrogen and oxygen atoms in total. The average Bonchev–Trinajstić information content (AvgIpc) is 2.45. The van der Waals surface area contributed by atoms with Crippen molar-refractivity contribution in [2.45, 2.75) is 63.9 Å². The molecule has 88 valence electrons. The molecular formula is C12H22O3. The van der Waals surface area contributed by atoms with Crippen LogP contribution < -0.4 is 0 Å². The Bertz CT molecular complexity index is 219. The van der Waals surface area contributed by atoms with Crippen LogP contribution in [0, 0.1) is 0 Å². The number of ether oxygens (including phenoxy) is 3. The molecule has 0 amide bonds. The maximum Gasteiger partial charge on any atom is 0.283 e. The highest BCUT2D eigenvalue weighted by Crippen LogP contribution is 2.41. The average molecular weight is 214 g/mol. The maximum absolute atomic E-state index is 5.91. The molecule has 2 rings (SSSR count). The standard InChI is InChI=1S/C12H22O3/c1-3-4-5-6-7-12-13-9-8-11(2,15-12)10-14-12/h3-10H2,1-2H3. The van der Waals surface area contributed by atoms with Gasteiger partial charge in [0.2, 0.25) is 0 Å². The first kappa shape index (κ1) is 11.4. The number of hydrogen-bond donors (Lipinski definition) is 0. The van der Waals surface area contributed by atoms with Gasteiger partial charge in [0, 0.05) is 12.8 Å². The normalized spacial score (nSPS) is 39.6. The van der Waals surface area contributed by atoms with Gasteiger partial charge in [-0.25, -0.2) is 0 Å².